The molecule has 0 amide bonds. The molecule has 0 aliphatic heterocycles. The molecule has 1 aliphatic carbocycles. The first-order valence-corrected chi connectivity index (χ1v) is 9.26. The van der Waals surface area contributed by atoms with Crippen molar-refractivity contribution in [3.8, 4) is 0 Å². The van der Waals surface area contributed by atoms with Crippen molar-refractivity contribution in [3.63, 3.8) is 0 Å². The number of allylic oxidation sites excluding steroid dienone is 2. The van der Waals surface area contributed by atoms with E-state index in [-0.39, 0.29) is 4.90 Å². The second-order valence-electron chi connectivity index (χ2n) is 5.83. The van der Waals surface area contributed by atoms with Crippen LogP contribution in [0.15, 0.2) is 65.3 Å². The van der Waals surface area contributed by atoms with Gasteiger partial charge in [-0.3, -0.25) is 0 Å². The first kappa shape index (κ1) is 15.8. The lowest BCUT2D eigenvalue weighted by Crippen LogP contribution is -2.10. The molecule has 0 fully saturated rings. The number of hydrogen-bond donors (Lipinski definition) is 0. The van der Waals surface area contributed by atoms with E-state index < -0.39 is 10.1 Å². The van der Waals surface area contributed by atoms with Crippen molar-refractivity contribution in [2.75, 3.05) is 0 Å². The van der Waals surface area contributed by atoms with Gasteiger partial charge >= 0.3 is 10.1 Å². The molecule has 0 saturated heterocycles. The van der Waals surface area contributed by atoms with Crippen molar-refractivity contribution in [1.29, 1.82) is 0 Å². The molecule has 4 heteroatoms. The first-order valence-electron chi connectivity index (χ1n) is 7.85. The van der Waals surface area contributed by atoms with Gasteiger partial charge in [-0.15, -0.1) is 0 Å². The van der Waals surface area contributed by atoms with Crippen LogP contribution in [0, 0.1) is 6.92 Å². The van der Waals surface area contributed by atoms with E-state index in [1.807, 2.05) is 37.3 Å². The maximum atomic E-state index is 12.5. The number of benzene rings is 2. The number of rotatable bonds is 4. The van der Waals surface area contributed by atoms with Gasteiger partial charge in [0.2, 0.25) is 0 Å². The molecule has 2 aromatic carbocycles. The SMILES string of the molecule is Cc1ccc(S(=O)(=O)OC2=C(c3ccccc3)CCCC2)cc1. The van der Waals surface area contributed by atoms with Gasteiger partial charge in [-0.1, -0.05) is 48.0 Å². The van der Waals surface area contributed by atoms with E-state index in [4.69, 9.17) is 4.18 Å². The Hall–Kier alpha value is -2.07. The lowest BCUT2D eigenvalue weighted by molar-refractivity contribution is 0.380. The van der Waals surface area contributed by atoms with Crippen molar-refractivity contribution in [2.24, 2.45) is 0 Å². The minimum absolute atomic E-state index is 0.202. The summed E-state index contributed by atoms with van der Waals surface area (Å²) < 4.78 is 30.6. The molecule has 0 spiro atoms. The molecule has 23 heavy (non-hydrogen) atoms. The third kappa shape index (κ3) is 3.64. The minimum atomic E-state index is -3.78. The summed E-state index contributed by atoms with van der Waals surface area (Å²) in [7, 11) is -3.78. The summed E-state index contributed by atoms with van der Waals surface area (Å²) in [6.07, 6.45) is 3.52. The third-order valence-electron chi connectivity index (χ3n) is 4.06. The Morgan fingerprint density at radius 2 is 1.52 bits per heavy atom. The second kappa shape index (κ2) is 6.59. The molecule has 0 heterocycles. The van der Waals surface area contributed by atoms with Crippen molar-refractivity contribution >= 4 is 15.7 Å². The van der Waals surface area contributed by atoms with E-state index >= 15 is 0 Å². The van der Waals surface area contributed by atoms with Gasteiger partial charge in [-0.2, -0.15) is 8.42 Å². The molecule has 120 valence electrons. The molecular formula is C19H20O3S. The van der Waals surface area contributed by atoms with E-state index in [9.17, 15) is 8.42 Å². The quantitative estimate of drug-likeness (QED) is 0.765. The summed E-state index contributed by atoms with van der Waals surface area (Å²) in [5.41, 5.74) is 3.07. The highest BCUT2D eigenvalue weighted by atomic mass is 32.2. The minimum Gasteiger partial charge on any atom is -0.383 e. The first-order chi connectivity index (χ1) is 11.1. The van der Waals surface area contributed by atoms with Gasteiger partial charge in [0.25, 0.3) is 0 Å². The highest BCUT2D eigenvalue weighted by Gasteiger charge is 2.23. The van der Waals surface area contributed by atoms with Crippen LogP contribution < -0.4 is 0 Å². The van der Waals surface area contributed by atoms with Crippen LogP contribution in [0.1, 0.15) is 36.8 Å². The summed E-state index contributed by atoms with van der Waals surface area (Å²) >= 11 is 0. The van der Waals surface area contributed by atoms with E-state index in [2.05, 4.69) is 0 Å². The molecule has 0 bridgehead atoms. The highest BCUT2D eigenvalue weighted by Crippen LogP contribution is 2.34. The Morgan fingerprint density at radius 3 is 2.22 bits per heavy atom. The predicted octanol–water partition coefficient (Wildman–Crippen LogP) is 4.69. The van der Waals surface area contributed by atoms with Gasteiger partial charge in [0.05, 0.1) is 0 Å². The standard InChI is InChI=1S/C19H20O3S/c1-15-11-13-17(14-12-15)23(20,21)22-19-10-6-5-9-18(19)16-7-3-2-4-8-16/h2-4,7-8,11-14H,5-6,9-10H2,1H3. The van der Waals surface area contributed by atoms with Crippen molar-refractivity contribution in [1.82, 2.24) is 0 Å². The predicted molar refractivity (Wildman–Crippen MR) is 91.3 cm³/mol. The van der Waals surface area contributed by atoms with Crippen LogP contribution in [0.25, 0.3) is 5.57 Å². The van der Waals surface area contributed by atoms with Gasteiger partial charge in [-0.05, 0) is 49.5 Å². The molecule has 0 radical (unpaired) electrons. The van der Waals surface area contributed by atoms with E-state index in [1.54, 1.807) is 24.3 Å². The number of aryl methyl sites for hydroxylation is 1. The fraction of sp³-hybridized carbons (Fsp3) is 0.263. The molecule has 3 nitrogen and oxygen atoms in total. The lowest BCUT2D eigenvalue weighted by atomic mass is 9.92. The molecule has 0 atom stereocenters. The molecule has 2 aromatic rings. The van der Waals surface area contributed by atoms with Gasteiger partial charge < -0.3 is 4.18 Å². The van der Waals surface area contributed by atoms with Crippen LogP contribution in [-0.4, -0.2) is 8.42 Å². The van der Waals surface area contributed by atoms with Crippen LogP contribution in [-0.2, 0) is 14.3 Å². The van der Waals surface area contributed by atoms with Gasteiger partial charge in [0.15, 0.2) is 0 Å². The normalized spacial score (nSPS) is 15.5. The molecule has 0 saturated carbocycles. The number of hydrogen-bond acceptors (Lipinski definition) is 3. The fourth-order valence-corrected chi connectivity index (χ4v) is 3.81. The second-order valence-corrected chi connectivity index (χ2v) is 7.37. The smallest absolute Gasteiger partial charge is 0.338 e. The van der Waals surface area contributed by atoms with Crippen LogP contribution in [0.5, 0.6) is 0 Å². The highest BCUT2D eigenvalue weighted by molar-refractivity contribution is 7.86. The zero-order chi connectivity index (χ0) is 16.3. The van der Waals surface area contributed by atoms with E-state index in [1.165, 1.54) is 0 Å². The van der Waals surface area contributed by atoms with Crippen molar-refractivity contribution in [2.45, 2.75) is 37.5 Å². The van der Waals surface area contributed by atoms with Crippen LogP contribution in [0.2, 0.25) is 0 Å². The fourth-order valence-electron chi connectivity index (χ4n) is 2.80. The summed E-state index contributed by atoms with van der Waals surface area (Å²) in [4.78, 5) is 0.202. The topological polar surface area (TPSA) is 43.4 Å². The van der Waals surface area contributed by atoms with Crippen LogP contribution >= 0.6 is 0 Å². The Morgan fingerprint density at radius 1 is 0.870 bits per heavy atom. The van der Waals surface area contributed by atoms with Crippen LogP contribution in [0.4, 0.5) is 0 Å². The molecule has 0 unspecified atom stereocenters. The Kier molecular flexibility index (Phi) is 4.53. The zero-order valence-corrected chi connectivity index (χ0v) is 14.0. The maximum Gasteiger partial charge on any atom is 0.338 e. The third-order valence-corrected chi connectivity index (χ3v) is 5.33. The van der Waals surface area contributed by atoms with Crippen molar-refractivity contribution in [3.05, 3.63) is 71.5 Å². The maximum absolute atomic E-state index is 12.5. The molecular weight excluding hydrogens is 308 g/mol. The Bertz CT molecular complexity index is 803. The summed E-state index contributed by atoms with van der Waals surface area (Å²) in [6, 6.07) is 16.6. The molecule has 0 aromatic heterocycles. The summed E-state index contributed by atoms with van der Waals surface area (Å²) in [6.45, 7) is 1.93. The summed E-state index contributed by atoms with van der Waals surface area (Å²) in [5.74, 6) is 0.586. The van der Waals surface area contributed by atoms with Gasteiger partial charge in [0, 0.05) is 6.42 Å². The van der Waals surface area contributed by atoms with Gasteiger partial charge in [0.1, 0.15) is 10.7 Å². The van der Waals surface area contributed by atoms with E-state index in [0.717, 1.165) is 36.0 Å². The van der Waals surface area contributed by atoms with E-state index in [0.29, 0.717) is 12.2 Å². The van der Waals surface area contributed by atoms with Gasteiger partial charge in [-0.25, -0.2) is 0 Å². The molecule has 3 rings (SSSR count). The van der Waals surface area contributed by atoms with Crippen molar-refractivity contribution < 1.29 is 12.6 Å². The molecule has 1 aliphatic rings. The molecule has 0 N–H and O–H groups in total. The Balaban J connectivity index is 1.95. The van der Waals surface area contributed by atoms with Crippen LogP contribution in [0.3, 0.4) is 0 Å². The monoisotopic (exact) mass is 328 g/mol. The largest absolute Gasteiger partial charge is 0.383 e. The summed E-state index contributed by atoms with van der Waals surface area (Å²) in [5, 5.41) is 0. The Labute approximate surface area is 137 Å². The average molecular weight is 328 g/mol. The lowest BCUT2D eigenvalue weighted by Gasteiger charge is -2.20. The average Bonchev–Trinajstić information content (AvgIpc) is 2.56. The zero-order valence-electron chi connectivity index (χ0n) is 13.2.